The lowest BCUT2D eigenvalue weighted by atomic mass is 9.53. The van der Waals surface area contributed by atoms with Gasteiger partial charge in [-0.25, -0.2) is 0 Å². The molecule has 0 heterocycles. The first kappa shape index (κ1) is 11.5. The molecule has 6 aliphatic carbocycles. The van der Waals surface area contributed by atoms with Gasteiger partial charge < -0.3 is 0 Å². The number of fused-ring (bicyclic) bond motifs is 5. The zero-order valence-electron chi connectivity index (χ0n) is 12.7. The van der Waals surface area contributed by atoms with Gasteiger partial charge in [0.25, 0.3) is 0 Å². The summed E-state index contributed by atoms with van der Waals surface area (Å²) in [5.74, 6) is 5.82. The summed E-state index contributed by atoms with van der Waals surface area (Å²) in [5.41, 5.74) is 7.35. The lowest BCUT2D eigenvalue weighted by Crippen LogP contribution is -2.41. The topological polar surface area (TPSA) is 0 Å². The highest BCUT2D eigenvalue weighted by Crippen LogP contribution is 2.64. The number of rotatable bonds is 0. The van der Waals surface area contributed by atoms with E-state index in [-0.39, 0.29) is 0 Å². The zero-order chi connectivity index (χ0) is 13.6. The standard InChI is InChI=1S/C21H24/c1-2-4-17-16(3-1)18-5-6-19(17)21(18)20-14-8-12-7-13(10-14)11-15(20)9-12/h1-4,12-15,18-19H,5-11H2/t12?,13?,14?,15?,18-,19+. The molecule has 0 spiro atoms. The summed E-state index contributed by atoms with van der Waals surface area (Å²) in [4.78, 5) is 0. The van der Waals surface area contributed by atoms with Crippen molar-refractivity contribution in [3.8, 4) is 0 Å². The number of benzene rings is 1. The molecule has 0 aromatic heterocycles. The summed E-state index contributed by atoms with van der Waals surface area (Å²) in [5, 5.41) is 0. The lowest BCUT2D eigenvalue weighted by molar-refractivity contribution is 0.0678. The summed E-state index contributed by atoms with van der Waals surface area (Å²) in [6.45, 7) is 0. The molecule has 2 atom stereocenters. The van der Waals surface area contributed by atoms with Crippen LogP contribution in [0.4, 0.5) is 0 Å². The van der Waals surface area contributed by atoms with Crippen molar-refractivity contribution >= 4 is 0 Å². The van der Waals surface area contributed by atoms with E-state index in [4.69, 9.17) is 0 Å². The summed E-state index contributed by atoms with van der Waals surface area (Å²) in [6, 6.07) is 9.38. The van der Waals surface area contributed by atoms with Crippen LogP contribution in [0.15, 0.2) is 35.4 Å². The van der Waals surface area contributed by atoms with E-state index in [9.17, 15) is 0 Å². The Kier molecular flexibility index (Phi) is 2.10. The van der Waals surface area contributed by atoms with Gasteiger partial charge in [0.05, 0.1) is 0 Å². The molecule has 1 aromatic carbocycles. The highest BCUT2D eigenvalue weighted by atomic mass is 14.5. The maximum Gasteiger partial charge on any atom is 0.00604 e. The third-order valence-corrected chi connectivity index (χ3v) is 7.59. The molecule has 1 aromatic rings. The van der Waals surface area contributed by atoms with Gasteiger partial charge in [-0.15, -0.1) is 0 Å². The molecular formula is C21H24. The Bertz CT molecular complexity index is 587. The van der Waals surface area contributed by atoms with Crippen molar-refractivity contribution in [3.63, 3.8) is 0 Å². The Morgan fingerprint density at radius 2 is 1.14 bits per heavy atom. The second-order valence-electron chi connectivity index (χ2n) is 8.53. The fourth-order valence-corrected chi connectivity index (χ4v) is 7.24. The van der Waals surface area contributed by atoms with E-state index in [1.807, 2.05) is 11.1 Å². The van der Waals surface area contributed by atoms with Gasteiger partial charge in [-0.1, -0.05) is 35.4 Å². The van der Waals surface area contributed by atoms with Gasteiger partial charge in [-0.05, 0) is 79.7 Å². The van der Waals surface area contributed by atoms with E-state index >= 15 is 0 Å². The molecule has 108 valence electrons. The molecule has 6 aliphatic rings. The van der Waals surface area contributed by atoms with Crippen molar-refractivity contribution in [2.75, 3.05) is 0 Å². The third-order valence-electron chi connectivity index (χ3n) is 7.59. The minimum absolute atomic E-state index is 0.818. The summed E-state index contributed by atoms with van der Waals surface area (Å²) < 4.78 is 0. The molecule has 0 nitrogen and oxygen atoms in total. The maximum atomic E-state index is 2.43. The van der Waals surface area contributed by atoms with Gasteiger partial charge in [0.2, 0.25) is 0 Å². The van der Waals surface area contributed by atoms with Crippen molar-refractivity contribution in [2.45, 2.75) is 56.8 Å². The van der Waals surface area contributed by atoms with Gasteiger partial charge in [0, 0.05) is 11.8 Å². The van der Waals surface area contributed by atoms with Gasteiger partial charge in [-0.2, -0.15) is 0 Å². The predicted octanol–water partition coefficient (Wildman–Crippen LogP) is 5.41. The molecule has 0 radical (unpaired) electrons. The Balaban J connectivity index is 1.53. The molecule has 0 unspecified atom stereocenters. The molecule has 0 N–H and O–H groups in total. The van der Waals surface area contributed by atoms with Crippen LogP contribution in [0.1, 0.15) is 67.9 Å². The SMILES string of the molecule is c1ccc2c(c1)[C@@H]1CC[C@H]2C1=C1C2CC3CC(C2)CC1C3. The fraction of sp³-hybridized carbons (Fsp3) is 0.619. The third kappa shape index (κ3) is 1.38. The van der Waals surface area contributed by atoms with Crippen molar-refractivity contribution in [1.29, 1.82) is 0 Å². The van der Waals surface area contributed by atoms with Crippen molar-refractivity contribution in [1.82, 2.24) is 0 Å². The smallest absolute Gasteiger partial charge is 0.00604 e. The highest BCUT2D eigenvalue weighted by molar-refractivity contribution is 5.55. The molecule has 0 aliphatic heterocycles. The highest BCUT2D eigenvalue weighted by Gasteiger charge is 2.50. The average Bonchev–Trinajstić information content (AvgIpc) is 3.03. The molecule has 0 saturated heterocycles. The van der Waals surface area contributed by atoms with Crippen LogP contribution in [0.5, 0.6) is 0 Å². The van der Waals surface area contributed by atoms with E-state index < -0.39 is 0 Å². The van der Waals surface area contributed by atoms with Crippen LogP contribution >= 0.6 is 0 Å². The number of hydrogen-bond acceptors (Lipinski definition) is 0. The molecule has 7 rings (SSSR count). The van der Waals surface area contributed by atoms with Crippen LogP contribution in [0, 0.1) is 23.7 Å². The first-order valence-corrected chi connectivity index (χ1v) is 9.21. The van der Waals surface area contributed by atoms with Crippen LogP contribution in [-0.4, -0.2) is 0 Å². The Morgan fingerprint density at radius 1 is 0.619 bits per heavy atom. The second kappa shape index (κ2) is 3.83. The largest absolute Gasteiger partial charge is 0.0635 e. The van der Waals surface area contributed by atoms with E-state index in [0.29, 0.717) is 0 Å². The van der Waals surface area contributed by atoms with E-state index in [1.54, 1.807) is 43.2 Å². The Morgan fingerprint density at radius 3 is 1.67 bits per heavy atom. The van der Waals surface area contributed by atoms with Crippen LogP contribution < -0.4 is 0 Å². The lowest BCUT2D eigenvalue weighted by Gasteiger charge is -2.52. The predicted molar refractivity (Wildman–Crippen MR) is 85.2 cm³/mol. The van der Waals surface area contributed by atoms with Crippen LogP contribution in [0.2, 0.25) is 0 Å². The zero-order valence-corrected chi connectivity index (χ0v) is 12.7. The van der Waals surface area contributed by atoms with Crippen molar-refractivity contribution in [3.05, 3.63) is 46.5 Å². The molecular weight excluding hydrogens is 252 g/mol. The minimum atomic E-state index is 0.818. The summed E-state index contributed by atoms with van der Waals surface area (Å²) >= 11 is 0. The number of hydrogen-bond donors (Lipinski definition) is 0. The fourth-order valence-electron chi connectivity index (χ4n) is 7.24. The average molecular weight is 276 g/mol. The Hall–Kier alpha value is -1.04. The van der Waals surface area contributed by atoms with Crippen LogP contribution in [0.25, 0.3) is 0 Å². The van der Waals surface area contributed by atoms with Gasteiger partial charge in [0.15, 0.2) is 0 Å². The first-order valence-electron chi connectivity index (χ1n) is 9.21. The second-order valence-corrected chi connectivity index (χ2v) is 8.53. The van der Waals surface area contributed by atoms with E-state index in [0.717, 1.165) is 35.5 Å². The quantitative estimate of drug-likeness (QED) is 0.555. The summed E-state index contributed by atoms with van der Waals surface area (Å²) in [6.07, 6.45) is 10.6. The van der Waals surface area contributed by atoms with Gasteiger partial charge in [-0.3, -0.25) is 0 Å². The molecule has 0 heteroatoms. The molecule has 5 fully saturated rings. The van der Waals surface area contributed by atoms with Crippen LogP contribution in [-0.2, 0) is 0 Å². The molecule has 21 heavy (non-hydrogen) atoms. The van der Waals surface area contributed by atoms with Crippen LogP contribution in [0.3, 0.4) is 0 Å². The molecule has 0 amide bonds. The molecule has 6 bridgehead atoms. The van der Waals surface area contributed by atoms with Gasteiger partial charge >= 0.3 is 0 Å². The normalized spacial score (nSPS) is 45.5. The summed E-state index contributed by atoms with van der Waals surface area (Å²) in [7, 11) is 0. The first-order chi connectivity index (χ1) is 10.4. The van der Waals surface area contributed by atoms with Crippen molar-refractivity contribution < 1.29 is 0 Å². The minimum Gasteiger partial charge on any atom is -0.0635 e. The maximum absolute atomic E-state index is 2.43. The molecule has 5 saturated carbocycles. The van der Waals surface area contributed by atoms with Gasteiger partial charge in [0.1, 0.15) is 0 Å². The monoisotopic (exact) mass is 276 g/mol. The van der Waals surface area contributed by atoms with E-state index in [1.165, 1.54) is 12.8 Å². The van der Waals surface area contributed by atoms with Crippen molar-refractivity contribution in [2.24, 2.45) is 23.7 Å². The number of allylic oxidation sites excluding steroid dienone is 2. The Labute approximate surface area is 127 Å². The van der Waals surface area contributed by atoms with E-state index in [2.05, 4.69) is 24.3 Å².